The minimum Gasteiger partial charge on any atom is -0.481 e. The predicted octanol–water partition coefficient (Wildman–Crippen LogP) is 2.80. The second-order valence-electron chi connectivity index (χ2n) is 6.49. The van der Waals surface area contributed by atoms with Gasteiger partial charge in [0.1, 0.15) is 12.1 Å². The van der Waals surface area contributed by atoms with Gasteiger partial charge < -0.3 is 10.4 Å². The lowest BCUT2D eigenvalue weighted by molar-refractivity contribution is -0.140. The Morgan fingerprint density at radius 1 is 1.19 bits per heavy atom. The first-order chi connectivity index (χ1) is 10.2. The van der Waals surface area contributed by atoms with Crippen LogP contribution in [0.15, 0.2) is 6.33 Å². The number of aliphatic carboxylic acids is 1. The van der Waals surface area contributed by atoms with Crippen LogP contribution in [0.2, 0.25) is 0 Å². The summed E-state index contributed by atoms with van der Waals surface area (Å²) in [6, 6.07) is 0. The van der Waals surface area contributed by atoms with Crippen molar-refractivity contribution in [1.29, 1.82) is 0 Å². The Balaban J connectivity index is 1.72. The fourth-order valence-electron chi connectivity index (χ4n) is 3.82. The lowest BCUT2D eigenvalue weighted by atomic mass is 9.71. The number of carbonyl (C=O) groups is 1. The van der Waals surface area contributed by atoms with Gasteiger partial charge in [-0.3, -0.25) is 4.79 Å². The molecule has 2 N–H and O–H groups in total. The van der Waals surface area contributed by atoms with Gasteiger partial charge in [0.05, 0.1) is 6.42 Å². The van der Waals surface area contributed by atoms with Crippen molar-refractivity contribution in [3.05, 3.63) is 17.6 Å². The highest BCUT2D eigenvalue weighted by Crippen LogP contribution is 2.39. The van der Waals surface area contributed by atoms with Crippen molar-refractivity contribution < 1.29 is 9.90 Å². The molecular formula is C16H23N3O2. The quantitative estimate of drug-likeness (QED) is 0.871. The van der Waals surface area contributed by atoms with Crippen molar-refractivity contribution in [3.63, 3.8) is 0 Å². The van der Waals surface area contributed by atoms with Crippen LogP contribution in [0.25, 0.3) is 0 Å². The number of carboxylic acid groups (broad SMARTS) is 1. The lowest BCUT2D eigenvalue weighted by Crippen LogP contribution is -2.34. The summed E-state index contributed by atoms with van der Waals surface area (Å²) in [6.45, 7) is 0.711. The number of carboxylic acids is 1. The van der Waals surface area contributed by atoms with E-state index < -0.39 is 5.97 Å². The summed E-state index contributed by atoms with van der Waals surface area (Å²) in [5, 5.41) is 12.7. The number of hydrogen-bond acceptors (Lipinski definition) is 4. The molecule has 1 saturated carbocycles. The van der Waals surface area contributed by atoms with Crippen LogP contribution >= 0.6 is 0 Å². The van der Waals surface area contributed by atoms with Gasteiger partial charge in [-0.2, -0.15) is 0 Å². The molecule has 0 aliphatic heterocycles. The van der Waals surface area contributed by atoms with Gasteiger partial charge in [-0.1, -0.05) is 19.3 Å². The molecular weight excluding hydrogens is 266 g/mol. The van der Waals surface area contributed by atoms with E-state index in [4.69, 9.17) is 0 Å². The minimum absolute atomic E-state index is 0.111. The van der Waals surface area contributed by atoms with Crippen molar-refractivity contribution >= 4 is 11.8 Å². The Bertz CT molecular complexity index is 524. The molecule has 1 heterocycles. The summed E-state index contributed by atoms with van der Waals surface area (Å²) in [6.07, 6.45) is 10.6. The molecule has 0 aromatic carbocycles. The maximum Gasteiger partial charge on any atom is 0.303 e. The van der Waals surface area contributed by atoms with Gasteiger partial charge in [0, 0.05) is 17.8 Å². The number of aryl methyl sites for hydroxylation is 1. The van der Waals surface area contributed by atoms with Crippen molar-refractivity contribution in [2.75, 3.05) is 11.9 Å². The van der Waals surface area contributed by atoms with Crippen LogP contribution < -0.4 is 5.32 Å². The standard InChI is InChI=1S/C16H23N3O2/c20-14(21)9-16(7-2-1-3-8-16)10-17-15-12-5-4-6-13(12)18-11-19-15/h11H,1-10H2,(H,20,21)(H,17,18,19). The third-order valence-corrected chi connectivity index (χ3v) is 4.95. The highest BCUT2D eigenvalue weighted by molar-refractivity contribution is 5.68. The molecule has 0 radical (unpaired) electrons. The van der Waals surface area contributed by atoms with Gasteiger partial charge in [-0.15, -0.1) is 0 Å². The zero-order valence-corrected chi connectivity index (χ0v) is 12.4. The van der Waals surface area contributed by atoms with Gasteiger partial charge in [0.15, 0.2) is 0 Å². The molecule has 2 aliphatic rings. The number of aromatic nitrogens is 2. The van der Waals surface area contributed by atoms with E-state index in [9.17, 15) is 9.90 Å². The van der Waals surface area contributed by atoms with E-state index in [-0.39, 0.29) is 11.8 Å². The van der Waals surface area contributed by atoms with E-state index in [1.807, 2.05) is 0 Å². The van der Waals surface area contributed by atoms with E-state index in [1.54, 1.807) is 6.33 Å². The number of nitrogens with one attached hydrogen (secondary N) is 1. The maximum atomic E-state index is 11.2. The molecule has 0 unspecified atom stereocenters. The van der Waals surface area contributed by atoms with Gasteiger partial charge in [0.2, 0.25) is 0 Å². The Labute approximate surface area is 125 Å². The number of fused-ring (bicyclic) bond motifs is 1. The van der Waals surface area contributed by atoms with E-state index in [2.05, 4.69) is 15.3 Å². The first kappa shape index (κ1) is 14.3. The highest BCUT2D eigenvalue weighted by atomic mass is 16.4. The molecule has 3 rings (SSSR count). The third kappa shape index (κ3) is 3.17. The number of anilines is 1. The lowest BCUT2D eigenvalue weighted by Gasteiger charge is -2.36. The van der Waals surface area contributed by atoms with Gasteiger partial charge in [-0.25, -0.2) is 9.97 Å². The SMILES string of the molecule is O=C(O)CC1(CNc2ncnc3c2CCC3)CCCCC1. The monoisotopic (exact) mass is 289 g/mol. The number of rotatable bonds is 5. The summed E-state index contributed by atoms with van der Waals surface area (Å²) >= 11 is 0. The summed E-state index contributed by atoms with van der Waals surface area (Å²) < 4.78 is 0. The molecule has 0 atom stereocenters. The second-order valence-corrected chi connectivity index (χ2v) is 6.49. The zero-order chi connectivity index (χ0) is 14.7. The molecule has 0 spiro atoms. The Morgan fingerprint density at radius 3 is 2.76 bits per heavy atom. The van der Waals surface area contributed by atoms with Gasteiger partial charge >= 0.3 is 5.97 Å². The predicted molar refractivity (Wildman–Crippen MR) is 80.3 cm³/mol. The molecule has 2 aliphatic carbocycles. The van der Waals surface area contributed by atoms with E-state index >= 15 is 0 Å². The van der Waals surface area contributed by atoms with E-state index in [1.165, 1.54) is 12.0 Å². The van der Waals surface area contributed by atoms with Crippen molar-refractivity contribution in [2.45, 2.75) is 57.8 Å². The average Bonchev–Trinajstić information content (AvgIpc) is 2.94. The third-order valence-electron chi connectivity index (χ3n) is 4.95. The highest BCUT2D eigenvalue weighted by Gasteiger charge is 2.34. The molecule has 5 heteroatoms. The minimum atomic E-state index is -0.688. The maximum absolute atomic E-state index is 11.2. The van der Waals surface area contributed by atoms with Gasteiger partial charge in [0.25, 0.3) is 0 Å². The molecule has 0 saturated heterocycles. The number of hydrogen-bond donors (Lipinski definition) is 2. The summed E-state index contributed by atoms with van der Waals surface area (Å²) in [5.41, 5.74) is 2.28. The zero-order valence-electron chi connectivity index (χ0n) is 12.4. The van der Waals surface area contributed by atoms with Crippen LogP contribution in [0.1, 0.15) is 56.2 Å². The van der Waals surface area contributed by atoms with Crippen molar-refractivity contribution in [2.24, 2.45) is 5.41 Å². The first-order valence-electron chi connectivity index (χ1n) is 7.97. The van der Waals surface area contributed by atoms with Gasteiger partial charge in [-0.05, 0) is 37.5 Å². The average molecular weight is 289 g/mol. The summed E-state index contributed by atoms with van der Waals surface area (Å²) in [7, 11) is 0. The Hall–Kier alpha value is -1.65. The van der Waals surface area contributed by atoms with Crippen LogP contribution in [-0.2, 0) is 17.6 Å². The topological polar surface area (TPSA) is 75.1 Å². The molecule has 114 valence electrons. The van der Waals surface area contributed by atoms with E-state index in [0.29, 0.717) is 6.54 Å². The Morgan fingerprint density at radius 2 is 2.00 bits per heavy atom. The molecule has 1 aromatic rings. The van der Waals surface area contributed by atoms with Crippen LogP contribution in [0.3, 0.4) is 0 Å². The Kier molecular flexibility index (Phi) is 4.08. The number of nitrogens with zero attached hydrogens (tertiary/aromatic N) is 2. The van der Waals surface area contributed by atoms with Crippen molar-refractivity contribution in [3.8, 4) is 0 Å². The molecule has 0 bridgehead atoms. The van der Waals surface area contributed by atoms with Crippen LogP contribution in [0.5, 0.6) is 0 Å². The van der Waals surface area contributed by atoms with E-state index in [0.717, 1.165) is 56.5 Å². The largest absolute Gasteiger partial charge is 0.481 e. The molecule has 1 aromatic heterocycles. The normalized spacial score (nSPS) is 20.0. The first-order valence-corrected chi connectivity index (χ1v) is 7.97. The summed E-state index contributed by atoms with van der Waals surface area (Å²) in [4.78, 5) is 19.9. The second kappa shape index (κ2) is 6.00. The van der Waals surface area contributed by atoms with Crippen LogP contribution in [0, 0.1) is 5.41 Å². The molecule has 0 amide bonds. The summed E-state index contributed by atoms with van der Waals surface area (Å²) in [5.74, 6) is 0.236. The molecule has 1 fully saturated rings. The molecule has 5 nitrogen and oxygen atoms in total. The fraction of sp³-hybridized carbons (Fsp3) is 0.688. The smallest absolute Gasteiger partial charge is 0.303 e. The van der Waals surface area contributed by atoms with Crippen molar-refractivity contribution in [1.82, 2.24) is 9.97 Å². The van der Waals surface area contributed by atoms with Crippen LogP contribution in [-0.4, -0.2) is 27.6 Å². The fourth-order valence-corrected chi connectivity index (χ4v) is 3.82. The molecule has 21 heavy (non-hydrogen) atoms. The van der Waals surface area contributed by atoms with Crippen LogP contribution in [0.4, 0.5) is 5.82 Å².